The van der Waals surface area contributed by atoms with Crippen molar-refractivity contribution in [3.05, 3.63) is 259 Å². The summed E-state index contributed by atoms with van der Waals surface area (Å²) in [5.41, 5.74) is 17.9. The Hall–Kier alpha value is -6.70. The van der Waals surface area contributed by atoms with Crippen LogP contribution in [0.4, 0.5) is 0 Å². The molecular formula is C61H67N. The van der Waals surface area contributed by atoms with Gasteiger partial charge in [0.1, 0.15) is 0 Å². The Labute approximate surface area is 374 Å². The van der Waals surface area contributed by atoms with Gasteiger partial charge in [0.05, 0.1) is 5.41 Å². The summed E-state index contributed by atoms with van der Waals surface area (Å²) in [6.45, 7) is 32.9. The van der Waals surface area contributed by atoms with Crippen molar-refractivity contribution >= 4 is 27.6 Å². The Morgan fingerprint density at radius 3 is 2.11 bits per heavy atom. The second kappa shape index (κ2) is 23.9. The van der Waals surface area contributed by atoms with Crippen LogP contribution in [0.1, 0.15) is 96.2 Å². The van der Waals surface area contributed by atoms with E-state index in [1.54, 1.807) is 0 Å². The Morgan fingerprint density at radius 2 is 1.44 bits per heavy atom. The first-order valence-corrected chi connectivity index (χ1v) is 22.2. The van der Waals surface area contributed by atoms with Crippen molar-refractivity contribution in [3.8, 4) is 11.1 Å². The van der Waals surface area contributed by atoms with E-state index in [1.807, 2.05) is 71.1 Å². The van der Waals surface area contributed by atoms with E-state index in [0.29, 0.717) is 0 Å². The number of aromatic amines is 1. The molecular weight excluding hydrogens is 747 g/mol. The first-order chi connectivity index (χ1) is 30.3. The highest BCUT2D eigenvalue weighted by molar-refractivity contribution is 5.89. The van der Waals surface area contributed by atoms with Gasteiger partial charge in [0.15, 0.2) is 0 Å². The molecule has 1 unspecified atom stereocenters. The topological polar surface area (TPSA) is 15.8 Å². The quantitative estimate of drug-likeness (QED) is 0.135. The molecule has 0 saturated carbocycles. The van der Waals surface area contributed by atoms with Gasteiger partial charge in [0.25, 0.3) is 0 Å². The van der Waals surface area contributed by atoms with Crippen LogP contribution < -0.4 is 0 Å². The molecule has 4 aromatic carbocycles. The third kappa shape index (κ3) is 10.6. The number of allylic oxidation sites excluding steroid dienone is 20. The van der Waals surface area contributed by atoms with Gasteiger partial charge in [-0.2, -0.15) is 0 Å². The van der Waals surface area contributed by atoms with E-state index < -0.39 is 5.41 Å². The Bertz CT molecular complexity index is 2560. The predicted molar refractivity (Wildman–Crippen MR) is 278 cm³/mol. The first kappa shape index (κ1) is 48.0. The molecule has 0 saturated heterocycles. The molecule has 1 heterocycles. The van der Waals surface area contributed by atoms with Gasteiger partial charge in [-0.15, -0.1) is 0 Å². The number of aromatic nitrogens is 1. The molecule has 1 atom stereocenters. The summed E-state index contributed by atoms with van der Waals surface area (Å²) >= 11 is 0. The van der Waals surface area contributed by atoms with Crippen LogP contribution in [0, 0.1) is 0 Å². The number of hydrogen-bond acceptors (Lipinski definition) is 0. The van der Waals surface area contributed by atoms with Gasteiger partial charge in [-0.25, -0.2) is 0 Å². The van der Waals surface area contributed by atoms with E-state index in [9.17, 15) is 0 Å². The number of nitrogens with one attached hydrogen (secondary N) is 1. The van der Waals surface area contributed by atoms with Crippen molar-refractivity contribution in [3.63, 3.8) is 0 Å². The second-order valence-electron chi connectivity index (χ2n) is 14.7. The Balaban J connectivity index is 0.000000335. The molecule has 2 aliphatic rings. The fraction of sp³-hybridized carbons (Fsp3) is 0.180. The average molecular weight is 814 g/mol. The van der Waals surface area contributed by atoms with Crippen LogP contribution in [0.2, 0.25) is 0 Å². The average Bonchev–Trinajstić information content (AvgIpc) is 3.86. The normalized spacial score (nSPS) is 17.5. The van der Waals surface area contributed by atoms with Gasteiger partial charge in [-0.1, -0.05) is 225 Å². The van der Waals surface area contributed by atoms with Crippen LogP contribution in [0.25, 0.3) is 38.7 Å². The van der Waals surface area contributed by atoms with Crippen LogP contribution in [0.15, 0.2) is 231 Å². The molecule has 5 aromatic rings. The first-order valence-electron chi connectivity index (χ1n) is 22.2. The number of rotatable bonds is 10. The second-order valence-corrected chi connectivity index (χ2v) is 14.7. The standard InChI is InChI=1S/C41H38.C16H17N.2C2H6/c1-6-9-12-17-32(8-3)34-24-23-30(4)36-26-25-35(33-18-13-11-14-19-33)29-40(36)41(28-27-34)38(21-10-7-2)31(5)37-20-15-16-22-39(37)41;1-4-8-12(3)14(5-2)16-11-13-9-6-7-10-15(13)17-16;2*1-2/h6-7,9-27,29H,1-2,4,8,28H2,3,5H3;4-11,17H,2H2,1,3H3;2*1-2H3/b12-9-,21-10-,24-23-,32-17+,34-27+;8-4-,14-12+;;. The molecule has 1 heteroatoms. The molecule has 62 heavy (non-hydrogen) atoms. The lowest BCUT2D eigenvalue weighted by atomic mass is 9.66. The third-order valence-corrected chi connectivity index (χ3v) is 11.2. The van der Waals surface area contributed by atoms with E-state index in [1.165, 1.54) is 66.6 Å². The highest BCUT2D eigenvalue weighted by Gasteiger charge is 2.45. The summed E-state index contributed by atoms with van der Waals surface area (Å²) in [5.74, 6) is 0. The summed E-state index contributed by atoms with van der Waals surface area (Å²) in [4.78, 5) is 3.42. The minimum Gasteiger partial charge on any atom is -0.355 e. The molecule has 1 spiro atoms. The number of H-pyrrole nitrogens is 1. The monoisotopic (exact) mass is 814 g/mol. The van der Waals surface area contributed by atoms with Crippen molar-refractivity contribution in [2.24, 2.45) is 0 Å². The molecule has 316 valence electrons. The van der Waals surface area contributed by atoms with E-state index in [-0.39, 0.29) is 0 Å². The number of para-hydroxylation sites is 1. The van der Waals surface area contributed by atoms with E-state index >= 15 is 0 Å². The largest absolute Gasteiger partial charge is 0.355 e. The Morgan fingerprint density at radius 1 is 0.742 bits per heavy atom. The fourth-order valence-corrected chi connectivity index (χ4v) is 8.39. The smallest absolute Gasteiger partial charge is 0.0501 e. The molecule has 0 amide bonds. The minimum atomic E-state index is -0.393. The molecule has 1 aromatic heterocycles. The molecule has 1 N–H and O–H groups in total. The number of benzene rings is 4. The van der Waals surface area contributed by atoms with Crippen molar-refractivity contribution in [2.75, 3.05) is 0 Å². The summed E-state index contributed by atoms with van der Waals surface area (Å²) in [6, 6.07) is 36.9. The summed E-state index contributed by atoms with van der Waals surface area (Å²) in [6.07, 6.45) is 28.9. The van der Waals surface area contributed by atoms with Crippen LogP contribution in [0.3, 0.4) is 0 Å². The summed E-state index contributed by atoms with van der Waals surface area (Å²) in [7, 11) is 0. The lowest BCUT2D eigenvalue weighted by molar-refractivity contribution is 0.636. The predicted octanol–water partition coefficient (Wildman–Crippen LogP) is 17.9. The maximum absolute atomic E-state index is 4.60. The van der Waals surface area contributed by atoms with Crippen molar-refractivity contribution in [1.29, 1.82) is 0 Å². The van der Waals surface area contributed by atoms with Gasteiger partial charge in [-0.05, 0) is 119 Å². The van der Waals surface area contributed by atoms with Crippen molar-refractivity contribution < 1.29 is 0 Å². The lowest BCUT2D eigenvalue weighted by Gasteiger charge is -2.35. The fourth-order valence-electron chi connectivity index (χ4n) is 8.39. The van der Waals surface area contributed by atoms with Gasteiger partial charge in [0.2, 0.25) is 0 Å². The van der Waals surface area contributed by atoms with Gasteiger partial charge < -0.3 is 4.98 Å². The zero-order chi connectivity index (χ0) is 45.1. The van der Waals surface area contributed by atoms with Gasteiger partial charge in [-0.3, -0.25) is 0 Å². The molecule has 0 aliphatic heterocycles. The molecule has 0 radical (unpaired) electrons. The van der Waals surface area contributed by atoms with Gasteiger partial charge in [0, 0.05) is 22.2 Å². The van der Waals surface area contributed by atoms with Gasteiger partial charge >= 0.3 is 0 Å². The minimum absolute atomic E-state index is 0.393. The SMILES string of the molecule is C=C/C(=C(C)\C=C/C)c1cc2ccccc2[nH]1.C=C\C=C/C=C(CC)/C1=C/CC2(C(/C=C\C=C)=C(C)c3ccccc32)c2cc(-c3ccccc3)ccc2C(=C)/C=C\1.CC.CC. The zero-order valence-electron chi connectivity index (χ0n) is 38.6. The van der Waals surface area contributed by atoms with Crippen molar-refractivity contribution in [2.45, 2.75) is 73.6 Å². The zero-order valence-corrected chi connectivity index (χ0v) is 38.6. The van der Waals surface area contributed by atoms with E-state index in [2.05, 4.69) is 198 Å². The maximum Gasteiger partial charge on any atom is 0.0501 e. The highest BCUT2D eigenvalue weighted by Crippen LogP contribution is 2.55. The van der Waals surface area contributed by atoms with E-state index in [0.717, 1.165) is 35.2 Å². The van der Waals surface area contributed by atoms with Crippen LogP contribution in [-0.2, 0) is 5.41 Å². The van der Waals surface area contributed by atoms with Crippen LogP contribution >= 0.6 is 0 Å². The molecule has 1 nitrogen and oxygen atoms in total. The summed E-state index contributed by atoms with van der Waals surface area (Å²) in [5, 5.41) is 1.23. The molecule has 2 aliphatic carbocycles. The Kier molecular flexibility index (Phi) is 18.5. The maximum atomic E-state index is 4.60. The van der Waals surface area contributed by atoms with Crippen LogP contribution in [0.5, 0.6) is 0 Å². The third-order valence-electron chi connectivity index (χ3n) is 11.2. The lowest BCUT2D eigenvalue weighted by Crippen LogP contribution is -2.28. The van der Waals surface area contributed by atoms with Crippen LogP contribution in [-0.4, -0.2) is 4.98 Å². The summed E-state index contributed by atoms with van der Waals surface area (Å²) < 4.78 is 0. The van der Waals surface area contributed by atoms with E-state index in [4.69, 9.17) is 0 Å². The number of hydrogen-bond donors (Lipinski definition) is 1. The van der Waals surface area contributed by atoms with Crippen molar-refractivity contribution in [1.82, 2.24) is 4.98 Å². The molecule has 0 fully saturated rings. The highest BCUT2D eigenvalue weighted by atomic mass is 14.7. The number of fused-ring (bicyclic) bond motifs is 5. The molecule has 7 rings (SSSR count). The molecule has 0 bridgehead atoms.